The number of hydrogen-bond donors (Lipinski definition) is 3. The fourth-order valence-corrected chi connectivity index (χ4v) is 2.05. The molecule has 1 rings (SSSR count). The molecule has 0 saturated heterocycles. The third-order valence-electron chi connectivity index (χ3n) is 1.83. The Morgan fingerprint density at radius 2 is 2.07 bits per heavy atom. The smallest absolute Gasteiger partial charge is 0.262 e. The van der Waals surface area contributed by atoms with Gasteiger partial charge in [0.15, 0.2) is 0 Å². The van der Waals surface area contributed by atoms with Crippen molar-refractivity contribution in [2.75, 3.05) is 0 Å². The van der Waals surface area contributed by atoms with Gasteiger partial charge in [-0.15, -0.1) is 0 Å². The van der Waals surface area contributed by atoms with Gasteiger partial charge in [-0.2, -0.15) is 0 Å². The summed E-state index contributed by atoms with van der Waals surface area (Å²) in [5.74, 6) is -0.00117. The van der Waals surface area contributed by atoms with Crippen LogP contribution in [0.5, 0.6) is 5.75 Å². The summed E-state index contributed by atoms with van der Waals surface area (Å²) in [7, 11) is -3.86. The van der Waals surface area contributed by atoms with Gasteiger partial charge >= 0.3 is 0 Å². The molecule has 0 aliphatic heterocycles. The van der Waals surface area contributed by atoms with E-state index in [2.05, 4.69) is 0 Å². The van der Waals surface area contributed by atoms with E-state index in [1.807, 2.05) is 0 Å². The summed E-state index contributed by atoms with van der Waals surface area (Å²) >= 11 is 0. The Morgan fingerprint density at radius 3 is 2.57 bits per heavy atom. The molecular formula is C8H11NO4S. The summed E-state index contributed by atoms with van der Waals surface area (Å²) in [6, 6.07) is 3.85. The zero-order valence-corrected chi connectivity index (χ0v) is 8.37. The van der Waals surface area contributed by atoms with Crippen LogP contribution in [0.2, 0.25) is 0 Å². The minimum atomic E-state index is -3.86. The van der Waals surface area contributed by atoms with Gasteiger partial charge in [0.25, 0.3) is 10.0 Å². The number of aryl methyl sites for hydroxylation is 1. The molecule has 6 heteroatoms. The van der Waals surface area contributed by atoms with Gasteiger partial charge < -0.3 is 10.3 Å². The van der Waals surface area contributed by atoms with Crippen LogP contribution in [0, 0.1) is 0 Å². The number of benzene rings is 1. The van der Waals surface area contributed by atoms with E-state index in [4.69, 9.17) is 10.3 Å². The first-order valence-electron chi connectivity index (χ1n) is 3.99. The Kier molecular flexibility index (Phi) is 3.10. The van der Waals surface area contributed by atoms with Crippen molar-refractivity contribution in [3.05, 3.63) is 23.8 Å². The van der Waals surface area contributed by atoms with E-state index in [1.54, 1.807) is 6.92 Å². The summed E-state index contributed by atoms with van der Waals surface area (Å²) in [4.78, 5) is 1.21. The number of hydrogen-bond acceptors (Lipinski definition) is 4. The molecule has 0 bridgehead atoms. The minimum Gasteiger partial charge on any atom is -0.508 e. The predicted molar refractivity (Wildman–Crippen MR) is 49.6 cm³/mol. The highest BCUT2D eigenvalue weighted by molar-refractivity contribution is 7.89. The lowest BCUT2D eigenvalue weighted by atomic mass is 10.2. The van der Waals surface area contributed by atoms with E-state index in [1.165, 1.54) is 23.1 Å². The van der Waals surface area contributed by atoms with Gasteiger partial charge in [0.05, 0.1) is 4.90 Å². The normalized spacial score (nSPS) is 11.6. The number of phenols is 1. The number of nitrogens with one attached hydrogen (secondary N) is 1. The van der Waals surface area contributed by atoms with Crippen LogP contribution >= 0.6 is 0 Å². The lowest BCUT2D eigenvalue weighted by molar-refractivity contribution is 0.242. The molecule has 5 nitrogen and oxygen atoms in total. The Bertz CT molecular complexity index is 427. The van der Waals surface area contributed by atoms with Crippen molar-refractivity contribution in [1.29, 1.82) is 0 Å². The van der Waals surface area contributed by atoms with Gasteiger partial charge in [-0.25, -0.2) is 8.42 Å². The summed E-state index contributed by atoms with van der Waals surface area (Å²) in [6.07, 6.45) is 0.449. The summed E-state index contributed by atoms with van der Waals surface area (Å²) < 4.78 is 22.5. The van der Waals surface area contributed by atoms with Crippen molar-refractivity contribution < 1.29 is 18.7 Å². The Morgan fingerprint density at radius 1 is 1.43 bits per heavy atom. The SMILES string of the molecule is CCc1cc(O)ccc1S(=O)(=O)NO. The van der Waals surface area contributed by atoms with Crippen molar-refractivity contribution in [3.63, 3.8) is 0 Å². The molecule has 0 atom stereocenters. The zero-order valence-electron chi connectivity index (χ0n) is 7.56. The highest BCUT2D eigenvalue weighted by atomic mass is 32.2. The second kappa shape index (κ2) is 3.95. The Labute approximate surface area is 82.0 Å². The molecule has 0 amide bonds. The fourth-order valence-electron chi connectivity index (χ4n) is 1.15. The average Bonchev–Trinajstić information content (AvgIpc) is 2.17. The van der Waals surface area contributed by atoms with Crippen LogP contribution in [0.3, 0.4) is 0 Å². The monoisotopic (exact) mass is 217 g/mol. The first kappa shape index (κ1) is 11.0. The third-order valence-corrected chi connectivity index (χ3v) is 3.05. The molecule has 0 aliphatic carbocycles. The molecular weight excluding hydrogens is 206 g/mol. The van der Waals surface area contributed by atoms with Crippen molar-refractivity contribution in [1.82, 2.24) is 4.89 Å². The number of sulfonamides is 1. The molecule has 0 fully saturated rings. The lowest BCUT2D eigenvalue weighted by Gasteiger charge is -2.07. The molecule has 14 heavy (non-hydrogen) atoms. The van der Waals surface area contributed by atoms with Crippen molar-refractivity contribution in [2.24, 2.45) is 0 Å². The van der Waals surface area contributed by atoms with E-state index in [0.29, 0.717) is 12.0 Å². The second-order valence-electron chi connectivity index (χ2n) is 2.74. The topological polar surface area (TPSA) is 86.6 Å². The molecule has 0 radical (unpaired) electrons. The first-order chi connectivity index (χ1) is 6.51. The van der Waals surface area contributed by atoms with Crippen LogP contribution in [0.4, 0.5) is 0 Å². The van der Waals surface area contributed by atoms with E-state index in [9.17, 15) is 8.42 Å². The van der Waals surface area contributed by atoms with E-state index < -0.39 is 10.0 Å². The van der Waals surface area contributed by atoms with Crippen LogP contribution in [-0.4, -0.2) is 18.7 Å². The van der Waals surface area contributed by atoms with Gasteiger partial charge in [0, 0.05) is 0 Å². The third kappa shape index (κ3) is 2.03. The molecule has 0 aliphatic rings. The molecule has 0 unspecified atom stereocenters. The highest BCUT2D eigenvalue weighted by Crippen LogP contribution is 2.20. The average molecular weight is 217 g/mol. The lowest BCUT2D eigenvalue weighted by Crippen LogP contribution is -2.20. The van der Waals surface area contributed by atoms with Gasteiger partial charge in [0.2, 0.25) is 0 Å². The van der Waals surface area contributed by atoms with E-state index in [-0.39, 0.29) is 10.6 Å². The quantitative estimate of drug-likeness (QED) is 0.648. The maximum absolute atomic E-state index is 11.2. The molecule has 0 aromatic heterocycles. The number of aromatic hydroxyl groups is 1. The summed E-state index contributed by atoms with van der Waals surface area (Å²) in [5.41, 5.74) is 0.451. The standard InChI is InChI=1S/C8H11NO4S/c1-2-6-5-7(10)3-4-8(6)14(12,13)9-11/h3-5,9-11H,2H2,1H3. The van der Waals surface area contributed by atoms with E-state index >= 15 is 0 Å². The van der Waals surface area contributed by atoms with Crippen molar-refractivity contribution in [3.8, 4) is 5.75 Å². The first-order valence-corrected chi connectivity index (χ1v) is 5.47. The molecule has 78 valence electrons. The second-order valence-corrected chi connectivity index (χ2v) is 4.37. The van der Waals surface area contributed by atoms with Gasteiger partial charge in [-0.3, -0.25) is 0 Å². The van der Waals surface area contributed by atoms with Gasteiger partial charge in [0.1, 0.15) is 5.75 Å². The van der Waals surface area contributed by atoms with Crippen LogP contribution in [0.25, 0.3) is 0 Å². The minimum absolute atomic E-state index is 0.00117. The largest absolute Gasteiger partial charge is 0.508 e. The molecule has 0 spiro atoms. The van der Waals surface area contributed by atoms with Crippen LogP contribution in [-0.2, 0) is 16.4 Å². The fraction of sp³-hybridized carbons (Fsp3) is 0.250. The molecule has 0 saturated carbocycles. The molecule has 1 aromatic carbocycles. The molecule has 1 aromatic rings. The maximum atomic E-state index is 11.2. The van der Waals surface area contributed by atoms with Crippen LogP contribution in [0.1, 0.15) is 12.5 Å². The Hall–Kier alpha value is -1.11. The van der Waals surface area contributed by atoms with Crippen molar-refractivity contribution >= 4 is 10.0 Å². The van der Waals surface area contributed by atoms with Crippen molar-refractivity contribution in [2.45, 2.75) is 18.2 Å². The van der Waals surface area contributed by atoms with Gasteiger partial charge in [-0.05, 0) is 30.2 Å². The summed E-state index contributed by atoms with van der Waals surface area (Å²) in [6.45, 7) is 1.76. The van der Waals surface area contributed by atoms with Gasteiger partial charge in [-0.1, -0.05) is 11.8 Å². The highest BCUT2D eigenvalue weighted by Gasteiger charge is 2.16. The summed E-state index contributed by atoms with van der Waals surface area (Å²) in [5, 5.41) is 17.6. The maximum Gasteiger partial charge on any atom is 0.262 e. The van der Waals surface area contributed by atoms with E-state index in [0.717, 1.165) is 0 Å². The van der Waals surface area contributed by atoms with Crippen LogP contribution < -0.4 is 4.89 Å². The molecule has 0 heterocycles. The predicted octanol–water partition coefficient (Wildman–Crippen LogP) is 0.622. The Balaban J connectivity index is 3.35. The van der Waals surface area contributed by atoms with Crippen LogP contribution in [0.15, 0.2) is 23.1 Å². The zero-order chi connectivity index (χ0) is 10.8. The number of rotatable bonds is 3. The molecule has 3 N–H and O–H groups in total. The number of phenolic OH excluding ortho intramolecular Hbond substituents is 1.